The van der Waals surface area contributed by atoms with Gasteiger partial charge in [-0.3, -0.25) is 4.79 Å². The summed E-state index contributed by atoms with van der Waals surface area (Å²) in [6.07, 6.45) is 3.27. The summed E-state index contributed by atoms with van der Waals surface area (Å²) in [6.45, 7) is 3.34. The van der Waals surface area contributed by atoms with Crippen LogP contribution in [0, 0.1) is 0 Å². The molecular weight excluding hydrogens is 154 g/mol. The number of rotatable bonds is 3. The van der Waals surface area contributed by atoms with Crippen LogP contribution >= 0.6 is 0 Å². The average Bonchev–Trinajstić information content (AvgIpc) is 2.48. The molecule has 0 aliphatic carbocycles. The first kappa shape index (κ1) is 9.52. The quantitative estimate of drug-likeness (QED) is 0.635. The number of hydrogen-bond donors (Lipinski definition) is 0. The van der Waals surface area contributed by atoms with Gasteiger partial charge in [-0.1, -0.05) is 0 Å². The van der Waals surface area contributed by atoms with E-state index in [1.54, 1.807) is 14.0 Å². The largest absolute Gasteiger partial charge is 0.385 e. The number of carbonyl (C=O) groups is 1. The summed E-state index contributed by atoms with van der Waals surface area (Å²) in [6, 6.07) is 0.433. The van der Waals surface area contributed by atoms with Crippen LogP contribution < -0.4 is 0 Å². The molecule has 1 rings (SSSR count). The molecule has 1 amide bonds. The molecular formula is C9H17NO2. The van der Waals surface area contributed by atoms with Gasteiger partial charge in [0, 0.05) is 33.2 Å². The Labute approximate surface area is 73.7 Å². The van der Waals surface area contributed by atoms with Crippen LogP contribution in [0.2, 0.25) is 0 Å². The van der Waals surface area contributed by atoms with E-state index in [9.17, 15) is 4.79 Å². The molecule has 0 aromatic carbocycles. The van der Waals surface area contributed by atoms with Gasteiger partial charge in [-0.05, 0) is 19.3 Å². The third kappa shape index (κ3) is 2.21. The van der Waals surface area contributed by atoms with Crippen molar-refractivity contribution >= 4 is 5.91 Å². The normalized spacial score (nSPS) is 23.2. The molecule has 3 nitrogen and oxygen atoms in total. The van der Waals surface area contributed by atoms with Crippen molar-refractivity contribution in [2.75, 3.05) is 20.3 Å². The summed E-state index contributed by atoms with van der Waals surface area (Å²) < 4.78 is 4.99. The van der Waals surface area contributed by atoms with Gasteiger partial charge in [0.15, 0.2) is 0 Å². The Kier molecular flexibility index (Phi) is 3.53. The van der Waals surface area contributed by atoms with E-state index in [2.05, 4.69) is 0 Å². The van der Waals surface area contributed by atoms with E-state index in [1.807, 2.05) is 4.90 Å². The van der Waals surface area contributed by atoms with E-state index in [4.69, 9.17) is 4.74 Å². The fraction of sp³-hybridized carbons (Fsp3) is 0.889. The Morgan fingerprint density at radius 3 is 3.00 bits per heavy atom. The van der Waals surface area contributed by atoms with Crippen molar-refractivity contribution in [3.8, 4) is 0 Å². The molecule has 1 aliphatic rings. The monoisotopic (exact) mass is 171 g/mol. The molecule has 1 aliphatic heterocycles. The Morgan fingerprint density at radius 2 is 2.42 bits per heavy atom. The third-order valence-electron chi connectivity index (χ3n) is 2.44. The Morgan fingerprint density at radius 1 is 1.67 bits per heavy atom. The van der Waals surface area contributed by atoms with Crippen molar-refractivity contribution in [2.45, 2.75) is 32.2 Å². The van der Waals surface area contributed by atoms with E-state index < -0.39 is 0 Å². The summed E-state index contributed by atoms with van der Waals surface area (Å²) >= 11 is 0. The van der Waals surface area contributed by atoms with Crippen molar-refractivity contribution in [1.82, 2.24) is 4.90 Å². The van der Waals surface area contributed by atoms with Gasteiger partial charge in [0.05, 0.1) is 0 Å². The predicted molar refractivity (Wildman–Crippen MR) is 46.9 cm³/mol. The number of carbonyl (C=O) groups excluding carboxylic acids is 1. The molecule has 1 atom stereocenters. The average molecular weight is 171 g/mol. The highest BCUT2D eigenvalue weighted by Crippen LogP contribution is 2.19. The van der Waals surface area contributed by atoms with Crippen LogP contribution in [0.25, 0.3) is 0 Å². The summed E-state index contributed by atoms with van der Waals surface area (Å²) in [5.41, 5.74) is 0. The van der Waals surface area contributed by atoms with Crippen LogP contribution in [0.4, 0.5) is 0 Å². The number of amides is 1. The lowest BCUT2D eigenvalue weighted by Gasteiger charge is -2.22. The smallest absolute Gasteiger partial charge is 0.219 e. The molecule has 1 heterocycles. The van der Waals surface area contributed by atoms with Crippen LogP contribution in [-0.2, 0) is 9.53 Å². The molecule has 0 aromatic rings. The molecule has 3 heteroatoms. The van der Waals surface area contributed by atoms with Crippen LogP contribution in [0.3, 0.4) is 0 Å². The van der Waals surface area contributed by atoms with Gasteiger partial charge in [-0.15, -0.1) is 0 Å². The zero-order valence-corrected chi connectivity index (χ0v) is 7.88. The van der Waals surface area contributed by atoms with Gasteiger partial charge in [-0.25, -0.2) is 0 Å². The second kappa shape index (κ2) is 4.45. The standard InChI is InChI=1S/C9H17NO2/c1-8(11)10-6-3-4-9(10)5-7-12-2/h9H,3-7H2,1-2H3/t9-/m0/s1. The second-order valence-corrected chi connectivity index (χ2v) is 3.29. The van der Waals surface area contributed by atoms with Crippen molar-refractivity contribution < 1.29 is 9.53 Å². The maximum atomic E-state index is 11.1. The number of ether oxygens (including phenoxy) is 1. The van der Waals surface area contributed by atoms with Gasteiger partial charge < -0.3 is 9.64 Å². The first-order valence-corrected chi connectivity index (χ1v) is 4.52. The minimum Gasteiger partial charge on any atom is -0.385 e. The van der Waals surface area contributed by atoms with Crippen LogP contribution in [0.5, 0.6) is 0 Å². The maximum absolute atomic E-state index is 11.1. The molecule has 1 saturated heterocycles. The summed E-state index contributed by atoms with van der Waals surface area (Å²) in [7, 11) is 1.70. The van der Waals surface area contributed by atoms with Crippen molar-refractivity contribution in [2.24, 2.45) is 0 Å². The van der Waals surface area contributed by atoms with Gasteiger partial charge >= 0.3 is 0 Å². The van der Waals surface area contributed by atoms with E-state index >= 15 is 0 Å². The van der Waals surface area contributed by atoms with E-state index in [0.29, 0.717) is 6.04 Å². The maximum Gasteiger partial charge on any atom is 0.219 e. The van der Waals surface area contributed by atoms with Gasteiger partial charge in [0.2, 0.25) is 5.91 Å². The number of hydrogen-bond acceptors (Lipinski definition) is 2. The first-order valence-electron chi connectivity index (χ1n) is 4.52. The molecule has 1 fully saturated rings. The topological polar surface area (TPSA) is 29.5 Å². The van der Waals surface area contributed by atoms with Gasteiger partial charge in [0.25, 0.3) is 0 Å². The molecule has 0 bridgehead atoms. The molecule has 0 spiro atoms. The Hall–Kier alpha value is -0.570. The van der Waals surface area contributed by atoms with Crippen molar-refractivity contribution in [1.29, 1.82) is 0 Å². The Balaban J connectivity index is 2.35. The number of methoxy groups -OCH3 is 1. The number of nitrogens with zero attached hydrogens (tertiary/aromatic N) is 1. The summed E-state index contributed by atoms with van der Waals surface area (Å²) in [5, 5.41) is 0. The lowest BCUT2D eigenvalue weighted by Crippen LogP contribution is -2.34. The molecule has 70 valence electrons. The van der Waals surface area contributed by atoms with Crippen molar-refractivity contribution in [3.05, 3.63) is 0 Å². The fourth-order valence-electron chi connectivity index (χ4n) is 1.80. The fourth-order valence-corrected chi connectivity index (χ4v) is 1.80. The molecule has 0 radical (unpaired) electrons. The van der Waals surface area contributed by atoms with Crippen LogP contribution in [0.1, 0.15) is 26.2 Å². The highest BCUT2D eigenvalue weighted by Gasteiger charge is 2.25. The summed E-state index contributed by atoms with van der Waals surface area (Å²) in [5.74, 6) is 0.202. The van der Waals surface area contributed by atoms with Crippen LogP contribution in [0.15, 0.2) is 0 Å². The third-order valence-corrected chi connectivity index (χ3v) is 2.44. The van der Waals surface area contributed by atoms with E-state index in [0.717, 1.165) is 32.4 Å². The molecule has 12 heavy (non-hydrogen) atoms. The van der Waals surface area contributed by atoms with Gasteiger partial charge in [0.1, 0.15) is 0 Å². The molecule has 0 N–H and O–H groups in total. The lowest BCUT2D eigenvalue weighted by atomic mass is 10.1. The minimum atomic E-state index is 0.202. The highest BCUT2D eigenvalue weighted by molar-refractivity contribution is 5.73. The van der Waals surface area contributed by atoms with Gasteiger partial charge in [-0.2, -0.15) is 0 Å². The second-order valence-electron chi connectivity index (χ2n) is 3.29. The minimum absolute atomic E-state index is 0.202. The highest BCUT2D eigenvalue weighted by atomic mass is 16.5. The number of likely N-dealkylation sites (tertiary alicyclic amines) is 1. The predicted octanol–water partition coefficient (Wildman–Crippen LogP) is 1.03. The molecule has 0 saturated carbocycles. The Bertz CT molecular complexity index is 159. The van der Waals surface area contributed by atoms with E-state index in [-0.39, 0.29) is 5.91 Å². The summed E-state index contributed by atoms with van der Waals surface area (Å²) in [4.78, 5) is 13.1. The van der Waals surface area contributed by atoms with E-state index in [1.165, 1.54) is 0 Å². The SMILES string of the molecule is COCC[C@@H]1CCCN1C(C)=O. The zero-order valence-electron chi connectivity index (χ0n) is 7.88. The molecule has 0 unspecified atom stereocenters. The van der Waals surface area contributed by atoms with Crippen molar-refractivity contribution in [3.63, 3.8) is 0 Å². The molecule has 0 aromatic heterocycles. The zero-order chi connectivity index (χ0) is 8.97. The van der Waals surface area contributed by atoms with Crippen LogP contribution in [-0.4, -0.2) is 37.1 Å². The first-order chi connectivity index (χ1) is 5.75. The lowest BCUT2D eigenvalue weighted by molar-refractivity contribution is -0.129.